The summed E-state index contributed by atoms with van der Waals surface area (Å²) in [5.41, 5.74) is -0.497. The van der Waals surface area contributed by atoms with Gasteiger partial charge in [-0.25, -0.2) is 0 Å². The van der Waals surface area contributed by atoms with Crippen LogP contribution in [0.4, 0.5) is 5.69 Å². The van der Waals surface area contributed by atoms with Gasteiger partial charge in [0.25, 0.3) is 17.6 Å². The average Bonchev–Trinajstić information content (AvgIpc) is 3.29. The Morgan fingerprint density at radius 1 is 1.00 bits per heavy atom. The van der Waals surface area contributed by atoms with Crippen molar-refractivity contribution in [1.29, 1.82) is 0 Å². The highest BCUT2D eigenvalue weighted by atomic mass is 16.6. The molecule has 2 amide bonds. The highest BCUT2D eigenvalue weighted by Gasteiger charge is 2.66. The van der Waals surface area contributed by atoms with Gasteiger partial charge < -0.3 is 29.3 Å². The van der Waals surface area contributed by atoms with Crippen LogP contribution in [0, 0.1) is 0 Å². The van der Waals surface area contributed by atoms with Gasteiger partial charge in [-0.1, -0.05) is 31.5 Å². The lowest BCUT2D eigenvalue weighted by Gasteiger charge is -2.35. The fourth-order valence-electron chi connectivity index (χ4n) is 5.58. The van der Waals surface area contributed by atoms with Crippen molar-refractivity contribution in [1.82, 2.24) is 9.80 Å². The van der Waals surface area contributed by atoms with Crippen LogP contribution in [0.1, 0.15) is 37.3 Å². The van der Waals surface area contributed by atoms with E-state index in [1.54, 1.807) is 35.2 Å². The molecule has 3 heterocycles. The summed E-state index contributed by atoms with van der Waals surface area (Å²) in [6.07, 6.45) is 2.18. The van der Waals surface area contributed by atoms with Crippen molar-refractivity contribution in [2.24, 2.45) is 0 Å². The zero-order chi connectivity index (χ0) is 27.0. The van der Waals surface area contributed by atoms with Gasteiger partial charge in [0.2, 0.25) is 0 Å². The minimum absolute atomic E-state index is 0.183. The van der Waals surface area contributed by atoms with Crippen molar-refractivity contribution in [2.45, 2.75) is 31.7 Å². The number of anilines is 1. The Balaban J connectivity index is 1.72. The quantitative estimate of drug-likeness (QED) is 0.325. The van der Waals surface area contributed by atoms with Crippen LogP contribution in [-0.4, -0.2) is 79.4 Å². The minimum Gasteiger partial charge on any atom is -0.507 e. The molecule has 0 aliphatic carbocycles. The van der Waals surface area contributed by atoms with E-state index in [9.17, 15) is 19.5 Å². The van der Waals surface area contributed by atoms with Crippen LogP contribution in [0.3, 0.4) is 0 Å². The number of Topliss-reactive ketones (excluding diaryl/α,β-unsaturated/α-hetero) is 1. The number of hydrogen-bond acceptors (Lipinski definition) is 7. The zero-order valence-corrected chi connectivity index (χ0v) is 22.0. The van der Waals surface area contributed by atoms with E-state index in [2.05, 4.69) is 0 Å². The third-order valence-electron chi connectivity index (χ3n) is 7.35. The number of unbranched alkanes of at least 4 members (excludes halogenated alkanes) is 1. The molecular formula is C29H33N3O6. The molecule has 0 saturated carbocycles. The highest BCUT2D eigenvalue weighted by molar-refractivity contribution is 6.50. The predicted octanol–water partition coefficient (Wildman–Crippen LogP) is 3.13. The molecule has 3 aliphatic heterocycles. The van der Waals surface area contributed by atoms with Gasteiger partial charge in [-0.2, -0.15) is 0 Å². The molecular weight excluding hydrogens is 486 g/mol. The molecule has 5 rings (SSSR count). The molecule has 3 aliphatic rings. The minimum atomic E-state index is -1.75. The Labute approximate surface area is 222 Å². The summed E-state index contributed by atoms with van der Waals surface area (Å²) in [6.45, 7) is 4.10. The number of hydrogen-bond donors (Lipinski definition) is 1. The van der Waals surface area contributed by atoms with E-state index in [1.807, 2.05) is 38.1 Å². The van der Waals surface area contributed by atoms with Crippen molar-refractivity contribution >= 4 is 29.0 Å². The number of para-hydroxylation sites is 1. The van der Waals surface area contributed by atoms with Crippen molar-refractivity contribution < 1.29 is 29.0 Å². The molecule has 9 heteroatoms. The lowest BCUT2D eigenvalue weighted by atomic mass is 9.81. The van der Waals surface area contributed by atoms with Crippen LogP contribution >= 0.6 is 0 Å². The molecule has 1 N–H and O–H groups in total. The normalized spacial score (nSPS) is 21.6. The number of rotatable bonds is 8. The molecule has 0 bridgehead atoms. The summed E-state index contributed by atoms with van der Waals surface area (Å²) in [5, 5.41) is 11.7. The first kappa shape index (κ1) is 25.8. The largest absolute Gasteiger partial charge is 0.507 e. The van der Waals surface area contributed by atoms with Crippen LogP contribution in [0.2, 0.25) is 0 Å². The molecule has 2 aromatic rings. The molecule has 1 atom stereocenters. The van der Waals surface area contributed by atoms with Gasteiger partial charge in [-0.3, -0.25) is 14.4 Å². The number of nitrogens with zero attached hydrogens (tertiary/aromatic N) is 3. The summed E-state index contributed by atoms with van der Waals surface area (Å²) < 4.78 is 11.3. The number of carbonyl (C=O) groups excluding carboxylic acids is 3. The Hall–Kier alpha value is -3.85. The summed E-state index contributed by atoms with van der Waals surface area (Å²) in [6, 6.07) is 12.1. The number of ketones is 1. The first-order chi connectivity index (χ1) is 18.3. The van der Waals surface area contributed by atoms with Gasteiger partial charge in [0, 0.05) is 24.2 Å². The molecule has 38 heavy (non-hydrogen) atoms. The lowest BCUT2D eigenvalue weighted by Crippen LogP contribution is -2.52. The predicted molar refractivity (Wildman–Crippen MR) is 142 cm³/mol. The van der Waals surface area contributed by atoms with E-state index in [4.69, 9.17) is 9.47 Å². The third-order valence-corrected chi connectivity index (χ3v) is 7.35. The molecule has 1 saturated heterocycles. The molecule has 0 unspecified atom stereocenters. The maximum atomic E-state index is 14.4. The SMILES string of the molecule is CCCCN1C(=O)[C@@]2(C(=C(O)c3ccc4c(c3)OCCO4)C(=O)C(=O)N2CCCN(C)C)c2ccccc21. The Morgan fingerprint density at radius 2 is 1.74 bits per heavy atom. The summed E-state index contributed by atoms with van der Waals surface area (Å²) in [5.74, 6) is -1.51. The molecule has 0 radical (unpaired) electrons. The summed E-state index contributed by atoms with van der Waals surface area (Å²) in [7, 11) is 3.85. The molecule has 1 spiro atoms. The maximum absolute atomic E-state index is 14.4. The fraction of sp³-hybridized carbons (Fsp3) is 0.414. The molecule has 1 fully saturated rings. The van der Waals surface area contributed by atoms with Crippen molar-refractivity contribution in [3.05, 3.63) is 59.2 Å². The van der Waals surface area contributed by atoms with Gasteiger partial charge in [-0.15, -0.1) is 0 Å². The van der Waals surface area contributed by atoms with E-state index in [1.165, 1.54) is 4.90 Å². The van der Waals surface area contributed by atoms with E-state index in [0.29, 0.717) is 55.5 Å². The molecule has 2 aromatic carbocycles. The van der Waals surface area contributed by atoms with E-state index < -0.39 is 28.9 Å². The van der Waals surface area contributed by atoms with E-state index >= 15 is 0 Å². The van der Waals surface area contributed by atoms with Crippen molar-refractivity contribution in [3.8, 4) is 11.5 Å². The van der Waals surface area contributed by atoms with Gasteiger partial charge in [0.05, 0.1) is 11.3 Å². The number of aliphatic hydroxyl groups excluding tert-OH is 1. The fourth-order valence-corrected chi connectivity index (χ4v) is 5.58. The van der Waals surface area contributed by atoms with Crippen LogP contribution in [0.25, 0.3) is 5.76 Å². The second kappa shape index (κ2) is 10.1. The highest BCUT2D eigenvalue weighted by Crippen LogP contribution is 2.54. The van der Waals surface area contributed by atoms with Crippen molar-refractivity contribution in [2.75, 3.05) is 51.8 Å². The van der Waals surface area contributed by atoms with E-state index in [0.717, 1.165) is 12.8 Å². The second-order valence-electron chi connectivity index (χ2n) is 10.1. The summed E-state index contributed by atoms with van der Waals surface area (Å²) in [4.78, 5) is 46.8. The van der Waals surface area contributed by atoms with Gasteiger partial charge in [-0.05, 0) is 57.7 Å². The topological polar surface area (TPSA) is 99.6 Å². The van der Waals surface area contributed by atoms with E-state index in [-0.39, 0.29) is 17.7 Å². The molecule has 9 nitrogen and oxygen atoms in total. The number of benzene rings is 2. The van der Waals surface area contributed by atoms with Crippen LogP contribution in [0.5, 0.6) is 11.5 Å². The zero-order valence-electron chi connectivity index (χ0n) is 22.0. The Bertz CT molecular complexity index is 1320. The number of aliphatic hydroxyl groups is 1. The Kier molecular flexibility index (Phi) is 6.88. The number of carbonyl (C=O) groups is 3. The van der Waals surface area contributed by atoms with Gasteiger partial charge >= 0.3 is 0 Å². The number of fused-ring (bicyclic) bond motifs is 3. The van der Waals surface area contributed by atoms with Crippen LogP contribution in [-0.2, 0) is 19.9 Å². The van der Waals surface area contributed by atoms with Gasteiger partial charge in [0.15, 0.2) is 17.0 Å². The monoisotopic (exact) mass is 519 g/mol. The summed E-state index contributed by atoms with van der Waals surface area (Å²) >= 11 is 0. The first-order valence-electron chi connectivity index (χ1n) is 13.1. The average molecular weight is 520 g/mol. The maximum Gasteiger partial charge on any atom is 0.296 e. The third kappa shape index (κ3) is 3.93. The Morgan fingerprint density at radius 3 is 2.47 bits per heavy atom. The number of amides is 2. The standard InChI is InChI=1S/C29H33N3O6/c1-4-5-14-31-21-10-7-6-9-20(21)29(28(31)36)24(26(34)27(35)32(29)15-8-13-30(2)3)25(33)19-11-12-22-23(18-19)38-17-16-37-22/h6-7,9-12,18,33H,4-5,8,13-17H2,1-3H3/t29-/m0/s1. The number of ether oxygens (including phenoxy) is 2. The van der Waals surface area contributed by atoms with Crippen molar-refractivity contribution in [3.63, 3.8) is 0 Å². The molecule has 0 aromatic heterocycles. The smallest absolute Gasteiger partial charge is 0.296 e. The molecule has 200 valence electrons. The van der Waals surface area contributed by atoms with Gasteiger partial charge in [0.1, 0.15) is 19.0 Å². The first-order valence-corrected chi connectivity index (χ1v) is 13.1. The number of likely N-dealkylation sites (tertiary alicyclic amines) is 1. The van der Waals surface area contributed by atoms with Crippen LogP contribution in [0.15, 0.2) is 48.0 Å². The second-order valence-corrected chi connectivity index (χ2v) is 10.1. The lowest BCUT2D eigenvalue weighted by molar-refractivity contribution is -0.143. The van der Waals surface area contributed by atoms with Crippen LogP contribution < -0.4 is 14.4 Å².